The van der Waals surface area contributed by atoms with E-state index < -0.39 is 35.1 Å². The van der Waals surface area contributed by atoms with Crippen LogP contribution >= 0.6 is 0 Å². The summed E-state index contributed by atoms with van der Waals surface area (Å²) in [5.41, 5.74) is 0.755. The summed E-state index contributed by atoms with van der Waals surface area (Å²) in [6, 6.07) is 6.76. The van der Waals surface area contributed by atoms with Gasteiger partial charge in [-0.15, -0.1) is 0 Å². The number of fused-ring (bicyclic) bond motifs is 3. The highest BCUT2D eigenvalue weighted by atomic mass is 19.1. The van der Waals surface area contributed by atoms with E-state index in [2.05, 4.69) is 0 Å². The summed E-state index contributed by atoms with van der Waals surface area (Å²) in [5, 5.41) is 0. The van der Waals surface area contributed by atoms with Gasteiger partial charge in [0.15, 0.2) is 0 Å². The van der Waals surface area contributed by atoms with Gasteiger partial charge < -0.3 is 0 Å². The van der Waals surface area contributed by atoms with Crippen LogP contribution in [0.25, 0.3) is 0 Å². The average molecular weight is 442 g/mol. The Morgan fingerprint density at radius 1 is 0.562 bits per heavy atom. The molecule has 0 radical (unpaired) electrons. The molecular formula is C27H26F4O. The van der Waals surface area contributed by atoms with Gasteiger partial charge in [-0.3, -0.25) is 4.79 Å². The van der Waals surface area contributed by atoms with Crippen LogP contribution in [0.5, 0.6) is 0 Å². The molecule has 5 heteroatoms. The van der Waals surface area contributed by atoms with E-state index in [0.29, 0.717) is 34.8 Å². The highest BCUT2D eigenvalue weighted by Gasteiger charge is 2.65. The molecule has 32 heavy (non-hydrogen) atoms. The lowest BCUT2D eigenvalue weighted by Crippen LogP contribution is -2.36. The second-order valence-electron chi connectivity index (χ2n) is 10.4. The number of Topliss-reactive ketones (excluding diaryl/α,β-unsaturated/α-hetero) is 1. The van der Waals surface area contributed by atoms with Crippen molar-refractivity contribution in [3.63, 3.8) is 0 Å². The van der Waals surface area contributed by atoms with Crippen molar-refractivity contribution in [1.82, 2.24) is 0 Å². The van der Waals surface area contributed by atoms with Crippen molar-refractivity contribution in [3.8, 4) is 0 Å². The van der Waals surface area contributed by atoms with Crippen LogP contribution in [0.2, 0.25) is 0 Å². The maximum atomic E-state index is 14.2. The predicted molar refractivity (Wildman–Crippen MR) is 112 cm³/mol. The van der Waals surface area contributed by atoms with Gasteiger partial charge in [0.1, 0.15) is 29.1 Å². The van der Waals surface area contributed by atoms with Crippen LogP contribution in [0, 0.1) is 58.8 Å². The molecule has 6 unspecified atom stereocenters. The molecule has 0 amide bonds. The van der Waals surface area contributed by atoms with Gasteiger partial charge in [0.2, 0.25) is 0 Å². The van der Waals surface area contributed by atoms with Crippen LogP contribution in [-0.4, -0.2) is 5.78 Å². The summed E-state index contributed by atoms with van der Waals surface area (Å²) in [4.78, 5) is 13.9. The molecule has 2 aromatic carbocycles. The van der Waals surface area contributed by atoms with E-state index in [-0.39, 0.29) is 17.6 Å². The van der Waals surface area contributed by atoms with Crippen molar-refractivity contribution in [2.75, 3.05) is 0 Å². The third-order valence-corrected chi connectivity index (χ3v) is 9.06. The van der Waals surface area contributed by atoms with Crippen LogP contribution < -0.4 is 0 Å². The van der Waals surface area contributed by atoms with Gasteiger partial charge in [-0.05, 0) is 83.7 Å². The summed E-state index contributed by atoms with van der Waals surface area (Å²) in [6.07, 6.45) is 6.65. The quantitative estimate of drug-likeness (QED) is 0.469. The van der Waals surface area contributed by atoms with Crippen molar-refractivity contribution in [2.24, 2.45) is 35.5 Å². The molecule has 2 aromatic rings. The summed E-state index contributed by atoms with van der Waals surface area (Å²) >= 11 is 0. The van der Waals surface area contributed by atoms with Crippen LogP contribution in [0.3, 0.4) is 0 Å². The molecule has 6 atom stereocenters. The molecule has 4 saturated carbocycles. The maximum absolute atomic E-state index is 14.2. The zero-order valence-electron chi connectivity index (χ0n) is 17.7. The van der Waals surface area contributed by atoms with E-state index in [1.807, 2.05) is 0 Å². The molecule has 0 saturated heterocycles. The van der Waals surface area contributed by atoms with E-state index in [1.165, 1.54) is 37.1 Å². The Morgan fingerprint density at radius 2 is 0.969 bits per heavy atom. The van der Waals surface area contributed by atoms with E-state index >= 15 is 0 Å². The Hall–Kier alpha value is -2.17. The topological polar surface area (TPSA) is 17.1 Å². The average Bonchev–Trinajstić information content (AvgIpc) is 3.20. The molecule has 0 bridgehead atoms. The largest absolute Gasteiger partial charge is 0.298 e. The zero-order chi connectivity index (χ0) is 22.1. The molecule has 1 nitrogen and oxygen atoms in total. The molecule has 4 fully saturated rings. The van der Waals surface area contributed by atoms with Crippen LogP contribution in [0.4, 0.5) is 17.6 Å². The SMILES string of the molecule is O=C1C(c2cc(F)cc(F)c2)C2C3CCCC4CCCC(C43)C2C1c1cc(F)cc(F)c1. The Balaban J connectivity index is 1.53. The fourth-order valence-corrected chi connectivity index (χ4v) is 8.43. The Kier molecular flexibility index (Phi) is 4.74. The van der Waals surface area contributed by atoms with Gasteiger partial charge in [0.25, 0.3) is 0 Å². The van der Waals surface area contributed by atoms with Crippen LogP contribution in [-0.2, 0) is 4.79 Å². The van der Waals surface area contributed by atoms with E-state index in [0.717, 1.165) is 37.8 Å². The van der Waals surface area contributed by atoms with Crippen molar-refractivity contribution in [3.05, 3.63) is 70.8 Å². The third kappa shape index (κ3) is 2.99. The van der Waals surface area contributed by atoms with Gasteiger partial charge in [0, 0.05) is 24.0 Å². The van der Waals surface area contributed by atoms with Gasteiger partial charge in [-0.1, -0.05) is 25.7 Å². The van der Waals surface area contributed by atoms with Gasteiger partial charge in [0.05, 0.1) is 0 Å². The second-order valence-corrected chi connectivity index (χ2v) is 10.4. The number of rotatable bonds is 2. The molecule has 0 aliphatic heterocycles. The molecule has 4 aliphatic carbocycles. The van der Waals surface area contributed by atoms with Crippen molar-refractivity contribution in [1.29, 1.82) is 0 Å². The van der Waals surface area contributed by atoms with Gasteiger partial charge >= 0.3 is 0 Å². The summed E-state index contributed by atoms with van der Waals surface area (Å²) < 4.78 is 56.7. The van der Waals surface area contributed by atoms with Gasteiger partial charge in [-0.25, -0.2) is 17.6 Å². The fourth-order valence-electron chi connectivity index (χ4n) is 8.43. The highest BCUT2D eigenvalue weighted by molar-refractivity contribution is 5.95. The predicted octanol–water partition coefficient (Wildman–Crippen LogP) is 6.77. The number of hydrogen-bond donors (Lipinski definition) is 0. The molecule has 4 aliphatic rings. The molecule has 0 heterocycles. The molecule has 168 valence electrons. The Bertz CT molecular complexity index is 959. The smallest absolute Gasteiger partial charge is 0.148 e. The lowest BCUT2D eigenvalue weighted by atomic mass is 9.62. The first-order chi connectivity index (χ1) is 15.4. The van der Waals surface area contributed by atoms with Crippen LogP contribution in [0.1, 0.15) is 61.5 Å². The Morgan fingerprint density at radius 3 is 1.38 bits per heavy atom. The number of hydrogen-bond acceptors (Lipinski definition) is 1. The molecule has 6 rings (SSSR count). The zero-order valence-corrected chi connectivity index (χ0v) is 17.7. The first kappa shape index (κ1) is 20.4. The Labute approximate surface area is 185 Å². The number of halogens is 4. The number of ketones is 1. The van der Waals surface area contributed by atoms with Crippen molar-refractivity contribution in [2.45, 2.75) is 50.4 Å². The second kappa shape index (κ2) is 7.43. The highest BCUT2D eigenvalue weighted by Crippen LogP contribution is 2.68. The minimum atomic E-state index is -0.693. The summed E-state index contributed by atoms with van der Waals surface area (Å²) in [5.74, 6) is -2.45. The summed E-state index contributed by atoms with van der Waals surface area (Å²) in [7, 11) is 0. The van der Waals surface area contributed by atoms with E-state index in [1.54, 1.807) is 0 Å². The minimum Gasteiger partial charge on any atom is -0.298 e. The van der Waals surface area contributed by atoms with Crippen molar-refractivity contribution >= 4 is 5.78 Å². The van der Waals surface area contributed by atoms with Gasteiger partial charge in [-0.2, -0.15) is 0 Å². The molecule has 0 spiro atoms. The lowest BCUT2D eigenvalue weighted by Gasteiger charge is -2.43. The minimum absolute atomic E-state index is 0.0315. The monoisotopic (exact) mass is 442 g/mol. The summed E-state index contributed by atoms with van der Waals surface area (Å²) in [6.45, 7) is 0. The van der Waals surface area contributed by atoms with E-state index in [4.69, 9.17) is 0 Å². The molecular weight excluding hydrogens is 416 g/mol. The standard InChI is InChI=1S/C27H26F4O/c28-16-7-14(8-17(29)11-16)23-25-20-5-1-3-13-4-2-6-21(22(13)20)26(25)24(27(23)32)15-9-18(30)12-19(31)10-15/h7-13,20-26H,1-6H2. The molecule has 0 aromatic heterocycles. The lowest BCUT2D eigenvalue weighted by molar-refractivity contribution is -0.121. The first-order valence-electron chi connectivity index (χ1n) is 11.9. The third-order valence-electron chi connectivity index (χ3n) is 9.06. The maximum Gasteiger partial charge on any atom is 0.148 e. The van der Waals surface area contributed by atoms with E-state index in [9.17, 15) is 22.4 Å². The number of carbonyl (C=O) groups excluding carboxylic acids is 1. The first-order valence-corrected chi connectivity index (χ1v) is 11.9. The molecule has 0 N–H and O–H groups in total. The number of carbonyl (C=O) groups is 1. The fraction of sp³-hybridized carbons (Fsp3) is 0.519. The van der Waals surface area contributed by atoms with Crippen LogP contribution in [0.15, 0.2) is 36.4 Å². The number of benzene rings is 2. The normalized spacial score (nSPS) is 37.9. The van der Waals surface area contributed by atoms with Crippen molar-refractivity contribution < 1.29 is 22.4 Å².